The summed E-state index contributed by atoms with van der Waals surface area (Å²) < 4.78 is 40.5. The molecule has 2 aromatic heterocycles. The van der Waals surface area contributed by atoms with Gasteiger partial charge in [0.1, 0.15) is 12.7 Å². The maximum Gasteiger partial charge on any atom is 0.320 e. The minimum absolute atomic E-state index is 0.102. The first-order valence-corrected chi connectivity index (χ1v) is 14.6. The molecule has 10 nitrogen and oxygen atoms in total. The van der Waals surface area contributed by atoms with E-state index in [1.54, 1.807) is 35.4 Å². The van der Waals surface area contributed by atoms with Gasteiger partial charge in [-0.3, -0.25) is 14.6 Å². The molecule has 3 heterocycles. The fourth-order valence-corrected chi connectivity index (χ4v) is 6.00. The van der Waals surface area contributed by atoms with Crippen LogP contribution in [0.2, 0.25) is 5.02 Å². The average Bonchev–Trinajstić information content (AvgIpc) is 3.46. The summed E-state index contributed by atoms with van der Waals surface area (Å²) in [5, 5.41) is 0.541. The van der Waals surface area contributed by atoms with E-state index in [1.807, 2.05) is 12.1 Å². The lowest BCUT2D eigenvalue weighted by Crippen LogP contribution is -2.35. The van der Waals surface area contributed by atoms with Crippen molar-refractivity contribution in [3.63, 3.8) is 0 Å². The third-order valence-electron chi connectivity index (χ3n) is 5.78. The monoisotopic (exact) mass is 579 g/mol. The molecule has 1 aromatic carbocycles. The van der Waals surface area contributed by atoms with Crippen LogP contribution in [0.1, 0.15) is 22.2 Å². The van der Waals surface area contributed by atoms with E-state index in [-0.39, 0.29) is 24.8 Å². The van der Waals surface area contributed by atoms with Gasteiger partial charge in [-0.1, -0.05) is 18.5 Å². The summed E-state index contributed by atoms with van der Waals surface area (Å²) in [5.41, 5.74) is 7.55. The molecule has 0 fully saturated rings. The molecule has 1 amide bonds. The van der Waals surface area contributed by atoms with Gasteiger partial charge in [-0.25, -0.2) is 8.42 Å². The van der Waals surface area contributed by atoms with Crippen LogP contribution in [-0.2, 0) is 25.9 Å². The minimum Gasteiger partial charge on any atom is -0.493 e. The Balaban J connectivity index is 1.48. The second-order valence-electron chi connectivity index (χ2n) is 8.38. The van der Waals surface area contributed by atoms with E-state index in [0.717, 1.165) is 16.1 Å². The number of hydrogen-bond donors (Lipinski definition) is 1. The highest BCUT2D eigenvalue weighted by molar-refractivity contribution is 7.91. The van der Waals surface area contributed by atoms with E-state index in [2.05, 4.69) is 4.98 Å². The van der Waals surface area contributed by atoms with Crippen molar-refractivity contribution in [2.24, 2.45) is 5.73 Å². The second-order valence-corrected chi connectivity index (χ2v) is 12.3. The first-order valence-electron chi connectivity index (χ1n) is 11.6. The van der Waals surface area contributed by atoms with Gasteiger partial charge in [0.25, 0.3) is 5.91 Å². The Bertz CT molecular complexity index is 1440. The Morgan fingerprint density at radius 3 is 2.66 bits per heavy atom. The lowest BCUT2D eigenvalue weighted by molar-refractivity contribution is -0.147. The lowest BCUT2D eigenvalue weighted by atomic mass is 10.2. The number of nitrogens with zero attached hydrogens (tertiary/aromatic N) is 2. The molecule has 202 valence electrons. The van der Waals surface area contributed by atoms with Crippen molar-refractivity contribution in [1.29, 1.82) is 0 Å². The van der Waals surface area contributed by atoms with Crippen molar-refractivity contribution in [2.45, 2.75) is 19.6 Å². The average molecular weight is 580 g/mol. The number of rotatable bonds is 11. The van der Waals surface area contributed by atoms with Crippen LogP contribution in [0, 0.1) is 0 Å². The number of amides is 1. The quantitative estimate of drug-likeness (QED) is 0.339. The molecule has 38 heavy (non-hydrogen) atoms. The van der Waals surface area contributed by atoms with Crippen LogP contribution in [-0.4, -0.2) is 63.1 Å². The van der Waals surface area contributed by atoms with Crippen molar-refractivity contribution < 1.29 is 32.2 Å². The zero-order valence-corrected chi connectivity index (χ0v) is 23.1. The SMILES string of the molecule is CCS(=O)(=O)CC(COc1ccc(N2Cc3cc(-c4ccc(Cl)cn4)sc3C2=O)cc1OC)OC(=O)CN. The predicted molar refractivity (Wildman–Crippen MR) is 145 cm³/mol. The molecule has 1 unspecified atom stereocenters. The molecule has 0 spiro atoms. The molecule has 1 aliphatic rings. The lowest BCUT2D eigenvalue weighted by Gasteiger charge is -2.21. The van der Waals surface area contributed by atoms with E-state index in [9.17, 15) is 18.0 Å². The number of pyridine rings is 1. The molecule has 3 aromatic rings. The number of esters is 1. The first kappa shape index (κ1) is 27.8. The molecule has 1 atom stereocenters. The highest BCUT2D eigenvalue weighted by Crippen LogP contribution is 2.40. The van der Waals surface area contributed by atoms with Crippen LogP contribution >= 0.6 is 22.9 Å². The van der Waals surface area contributed by atoms with Crippen LogP contribution in [0.3, 0.4) is 0 Å². The normalized spacial score (nSPS) is 13.8. The summed E-state index contributed by atoms with van der Waals surface area (Å²) in [6, 6.07) is 10.5. The number of carbonyl (C=O) groups is 2. The zero-order valence-electron chi connectivity index (χ0n) is 20.7. The molecule has 1 aliphatic heterocycles. The number of anilines is 1. The number of fused-ring (bicyclic) bond motifs is 1. The van der Waals surface area contributed by atoms with Crippen LogP contribution in [0.5, 0.6) is 11.5 Å². The molecule has 0 saturated heterocycles. The molecule has 0 radical (unpaired) electrons. The van der Waals surface area contributed by atoms with Crippen molar-refractivity contribution in [1.82, 2.24) is 4.98 Å². The van der Waals surface area contributed by atoms with Crippen LogP contribution < -0.4 is 20.1 Å². The highest BCUT2D eigenvalue weighted by atomic mass is 35.5. The van der Waals surface area contributed by atoms with Crippen molar-refractivity contribution in [2.75, 3.05) is 36.7 Å². The van der Waals surface area contributed by atoms with Crippen LogP contribution in [0.25, 0.3) is 10.6 Å². The van der Waals surface area contributed by atoms with Gasteiger partial charge in [0, 0.05) is 23.7 Å². The number of nitrogens with two attached hydrogens (primary N) is 1. The van der Waals surface area contributed by atoms with Crippen molar-refractivity contribution >= 4 is 50.3 Å². The standard InChI is InChI=1S/C25H26ClN3O7S2/c1-3-38(32,33)14-18(36-23(30)10-27)13-35-20-7-5-17(9-21(20)34-2)29-12-15-8-22(37-24(15)25(29)31)19-6-4-16(26)11-28-19/h4-9,11,18H,3,10,12-14,27H2,1-2H3. The second kappa shape index (κ2) is 11.7. The van der Waals surface area contributed by atoms with E-state index in [0.29, 0.717) is 33.6 Å². The first-order chi connectivity index (χ1) is 18.1. The van der Waals surface area contributed by atoms with Gasteiger partial charge in [0.2, 0.25) is 0 Å². The van der Waals surface area contributed by atoms with Gasteiger partial charge in [0.15, 0.2) is 21.3 Å². The number of thiophene rings is 1. The maximum absolute atomic E-state index is 13.2. The van der Waals surface area contributed by atoms with E-state index in [4.69, 9.17) is 31.5 Å². The third kappa shape index (κ3) is 6.26. The van der Waals surface area contributed by atoms with Crippen molar-refractivity contribution in [3.8, 4) is 22.1 Å². The molecule has 13 heteroatoms. The molecule has 2 N–H and O–H groups in total. The van der Waals surface area contributed by atoms with E-state index >= 15 is 0 Å². The van der Waals surface area contributed by atoms with Gasteiger partial charge < -0.3 is 24.8 Å². The van der Waals surface area contributed by atoms with Gasteiger partial charge >= 0.3 is 5.97 Å². The maximum atomic E-state index is 13.2. The summed E-state index contributed by atoms with van der Waals surface area (Å²) in [5.74, 6) is -0.736. The number of carbonyl (C=O) groups excluding carboxylic acids is 2. The number of halogens is 1. The number of methoxy groups -OCH3 is 1. The van der Waals surface area contributed by atoms with Gasteiger partial charge in [-0.2, -0.15) is 0 Å². The van der Waals surface area contributed by atoms with Crippen LogP contribution in [0.4, 0.5) is 5.69 Å². The number of aromatic nitrogens is 1. The fourth-order valence-electron chi connectivity index (χ4n) is 3.83. The topological polar surface area (TPSA) is 138 Å². The number of sulfone groups is 1. The molecular weight excluding hydrogens is 554 g/mol. The Labute approximate surface area is 229 Å². The molecular formula is C25H26ClN3O7S2. The fraction of sp³-hybridized carbons (Fsp3) is 0.320. The van der Waals surface area contributed by atoms with Gasteiger partial charge in [-0.05, 0) is 35.9 Å². The summed E-state index contributed by atoms with van der Waals surface area (Å²) in [6.07, 6.45) is 0.527. The number of hydrogen-bond acceptors (Lipinski definition) is 10. The molecule has 4 rings (SSSR count). The summed E-state index contributed by atoms with van der Waals surface area (Å²) in [6.45, 7) is 1.29. The Morgan fingerprint density at radius 1 is 1.24 bits per heavy atom. The van der Waals surface area contributed by atoms with E-state index < -0.39 is 27.7 Å². The molecule has 0 aliphatic carbocycles. The van der Waals surface area contributed by atoms with Gasteiger partial charge in [0.05, 0.1) is 46.4 Å². The molecule has 0 saturated carbocycles. The Hall–Kier alpha value is -3.19. The van der Waals surface area contributed by atoms with E-state index in [1.165, 1.54) is 25.4 Å². The summed E-state index contributed by atoms with van der Waals surface area (Å²) >= 11 is 7.30. The Kier molecular flexibility index (Phi) is 8.56. The summed E-state index contributed by atoms with van der Waals surface area (Å²) in [4.78, 5) is 32.3. The van der Waals surface area contributed by atoms with Gasteiger partial charge in [-0.15, -0.1) is 11.3 Å². The van der Waals surface area contributed by atoms with Crippen LogP contribution in [0.15, 0.2) is 42.6 Å². The Morgan fingerprint density at radius 2 is 2.03 bits per heavy atom. The largest absolute Gasteiger partial charge is 0.493 e. The zero-order chi connectivity index (χ0) is 27.4. The number of ether oxygens (including phenoxy) is 3. The molecule has 0 bridgehead atoms. The minimum atomic E-state index is -3.44. The predicted octanol–water partition coefficient (Wildman–Crippen LogP) is 3.32. The van der Waals surface area contributed by atoms with Crippen molar-refractivity contribution in [3.05, 3.63) is 58.1 Å². The third-order valence-corrected chi connectivity index (χ3v) is 8.96. The smallest absolute Gasteiger partial charge is 0.320 e. The number of benzene rings is 1. The highest BCUT2D eigenvalue weighted by Gasteiger charge is 2.32. The summed E-state index contributed by atoms with van der Waals surface area (Å²) in [7, 11) is -1.99.